The van der Waals surface area contributed by atoms with Gasteiger partial charge >= 0.3 is 6.03 Å². The van der Waals surface area contributed by atoms with Gasteiger partial charge in [0, 0.05) is 25.0 Å². The second-order valence-electron chi connectivity index (χ2n) is 6.73. The van der Waals surface area contributed by atoms with Gasteiger partial charge in [0.2, 0.25) is 0 Å². The third kappa shape index (κ3) is 4.40. The number of anilines is 1. The number of carbonyl (C=O) groups excluding carboxylic acids is 2. The van der Waals surface area contributed by atoms with Crippen molar-refractivity contribution in [2.24, 2.45) is 11.7 Å². The molecule has 2 aromatic rings. The van der Waals surface area contributed by atoms with Gasteiger partial charge in [-0.25, -0.2) is 4.79 Å². The van der Waals surface area contributed by atoms with E-state index in [0.717, 1.165) is 0 Å². The zero-order valence-corrected chi connectivity index (χ0v) is 15.7. The molecule has 0 radical (unpaired) electrons. The van der Waals surface area contributed by atoms with E-state index in [9.17, 15) is 14.7 Å². The number of primary amides is 1. The number of pyridine rings is 1. The van der Waals surface area contributed by atoms with Crippen LogP contribution < -0.4 is 15.8 Å². The predicted octanol–water partition coefficient (Wildman–Crippen LogP) is 2.17. The van der Waals surface area contributed by atoms with E-state index in [-0.39, 0.29) is 17.5 Å². The van der Waals surface area contributed by atoms with Crippen LogP contribution in [0.15, 0.2) is 42.6 Å². The summed E-state index contributed by atoms with van der Waals surface area (Å²) >= 11 is 0. The molecule has 1 fully saturated rings. The monoisotopic (exact) mass is 384 g/mol. The Morgan fingerprint density at radius 1 is 1.29 bits per heavy atom. The molecule has 0 saturated carbocycles. The summed E-state index contributed by atoms with van der Waals surface area (Å²) in [7, 11) is 1.45. The first-order chi connectivity index (χ1) is 13.5. The molecule has 1 aromatic heterocycles. The van der Waals surface area contributed by atoms with Crippen LogP contribution in [0, 0.1) is 5.92 Å². The number of carbonyl (C=O) groups is 2. The molecular formula is C20H24N4O4. The summed E-state index contributed by atoms with van der Waals surface area (Å²) in [5, 5.41) is 13.3. The number of nitrogens with one attached hydrogen (secondary N) is 1. The third-order valence-electron chi connectivity index (χ3n) is 4.98. The Morgan fingerprint density at radius 2 is 2.04 bits per heavy atom. The first-order valence-electron chi connectivity index (χ1n) is 9.12. The number of hydrogen-bond acceptors (Lipinski definition) is 5. The van der Waals surface area contributed by atoms with Crippen LogP contribution in [-0.2, 0) is 0 Å². The van der Waals surface area contributed by atoms with Gasteiger partial charge in [0.1, 0.15) is 5.75 Å². The molecule has 1 atom stereocenters. The van der Waals surface area contributed by atoms with Gasteiger partial charge in [0.05, 0.1) is 24.5 Å². The highest BCUT2D eigenvalue weighted by molar-refractivity contribution is 5.98. The van der Waals surface area contributed by atoms with Crippen molar-refractivity contribution in [1.82, 2.24) is 9.88 Å². The highest BCUT2D eigenvalue weighted by Crippen LogP contribution is 2.30. The Hall–Kier alpha value is -3.13. The molecule has 3 amide bonds. The van der Waals surface area contributed by atoms with E-state index < -0.39 is 12.0 Å². The average Bonchev–Trinajstić information content (AvgIpc) is 2.73. The minimum absolute atomic E-state index is 0.0569. The molecule has 0 unspecified atom stereocenters. The SMILES string of the molecule is COc1ccc(NC(=O)N2CCC([C@H](O)c3ccccn3)CC2)cc1C(N)=O. The van der Waals surface area contributed by atoms with E-state index in [0.29, 0.717) is 43.1 Å². The number of benzene rings is 1. The second-order valence-corrected chi connectivity index (χ2v) is 6.73. The first-order valence-corrected chi connectivity index (χ1v) is 9.12. The Bertz CT molecular complexity index is 835. The van der Waals surface area contributed by atoms with Gasteiger partial charge in [-0.1, -0.05) is 6.07 Å². The Morgan fingerprint density at radius 3 is 2.64 bits per heavy atom. The lowest BCUT2D eigenvalue weighted by Crippen LogP contribution is -2.42. The molecule has 28 heavy (non-hydrogen) atoms. The van der Waals surface area contributed by atoms with Crippen molar-refractivity contribution in [3.8, 4) is 5.75 Å². The molecule has 8 heteroatoms. The lowest BCUT2D eigenvalue weighted by molar-refractivity contribution is 0.0652. The van der Waals surface area contributed by atoms with Crippen molar-refractivity contribution in [3.05, 3.63) is 53.9 Å². The maximum atomic E-state index is 12.5. The van der Waals surface area contributed by atoms with E-state index in [2.05, 4.69) is 10.3 Å². The summed E-state index contributed by atoms with van der Waals surface area (Å²) in [6, 6.07) is 9.95. The number of ether oxygens (including phenoxy) is 1. The normalized spacial score (nSPS) is 15.7. The van der Waals surface area contributed by atoms with Crippen molar-refractivity contribution in [2.75, 3.05) is 25.5 Å². The van der Waals surface area contributed by atoms with E-state index >= 15 is 0 Å². The van der Waals surface area contributed by atoms with Gasteiger partial charge in [-0.15, -0.1) is 0 Å². The number of hydrogen-bond donors (Lipinski definition) is 3. The third-order valence-corrected chi connectivity index (χ3v) is 4.98. The Kier molecular flexibility index (Phi) is 6.10. The molecule has 1 saturated heterocycles. The second kappa shape index (κ2) is 8.71. The summed E-state index contributed by atoms with van der Waals surface area (Å²) < 4.78 is 5.10. The fourth-order valence-electron chi connectivity index (χ4n) is 3.39. The highest BCUT2D eigenvalue weighted by Gasteiger charge is 2.29. The van der Waals surface area contributed by atoms with E-state index in [4.69, 9.17) is 10.5 Å². The number of amides is 3. The van der Waals surface area contributed by atoms with E-state index in [1.165, 1.54) is 13.2 Å². The number of aromatic nitrogens is 1. The smallest absolute Gasteiger partial charge is 0.321 e. The summed E-state index contributed by atoms with van der Waals surface area (Å²) in [5.41, 5.74) is 6.68. The standard InChI is InChI=1S/C20H24N4O4/c1-28-17-6-5-14(12-15(17)19(21)26)23-20(27)24-10-7-13(8-11-24)18(25)16-4-2-3-9-22-16/h2-6,9,12-13,18,25H,7-8,10-11H2,1H3,(H2,21,26)(H,23,27)/t18-/m0/s1. The van der Waals surface area contributed by atoms with Crippen LogP contribution in [0.4, 0.5) is 10.5 Å². The number of piperidine rings is 1. The van der Waals surface area contributed by atoms with Crippen LogP contribution in [0.5, 0.6) is 5.75 Å². The van der Waals surface area contributed by atoms with Crippen LogP contribution >= 0.6 is 0 Å². The molecule has 0 spiro atoms. The van der Waals surface area contributed by atoms with Gasteiger partial charge in [0.25, 0.3) is 5.91 Å². The Labute approximate surface area is 163 Å². The van der Waals surface area contributed by atoms with Crippen molar-refractivity contribution in [1.29, 1.82) is 0 Å². The lowest BCUT2D eigenvalue weighted by Gasteiger charge is -2.34. The van der Waals surface area contributed by atoms with Gasteiger partial charge in [-0.05, 0) is 49.1 Å². The number of aliphatic hydroxyl groups is 1. The number of likely N-dealkylation sites (tertiary alicyclic amines) is 1. The number of nitrogens with zero attached hydrogens (tertiary/aromatic N) is 2. The fourth-order valence-corrected chi connectivity index (χ4v) is 3.39. The lowest BCUT2D eigenvalue weighted by atomic mass is 9.89. The van der Waals surface area contributed by atoms with Crippen LogP contribution in [0.25, 0.3) is 0 Å². The molecule has 0 aliphatic carbocycles. The Balaban J connectivity index is 1.58. The van der Waals surface area contributed by atoms with Crippen molar-refractivity contribution in [2.45, 2.75) is 18.9 Å². The maximum absolute atomic E-state index is 12.5. The topological polar surface area (TPSA) is 118 Å². The van der Waals surface area contributed by atoms with Crippen LogP contribution in [0.2, 0.25) is 0 Å². The van der Waals surface area contributed by atoms with E-state index in [1.807, 2.05) is 18.2 Å². The molecule has 1 aliphatic rings. The molecule has 4 N–H and O–H groups in total. The fraction of sp³-hybridized carbons (Fsp3) is 0.350. The van der Waals surface area contributed by atoms with Crippen molar-refractivity contribution in [3.63, 3.8) is 0 Å². The minimum atomic E-state index is -0.633. The van der Waals surface area contributed by atoms with E-state index in [1.54, 1.807) is 23.2 Å². The molecule has 3 rings (SSSR count). The molecule has 0 bridgehead atoms. The van der Waals surface area contributed by atoms with Crippen molar-refractivity contribution < 1.29 is 19.4 Å². The van der Waals surface area contributed by atoms with Crippen LogP contribution in [0.1, 0.15) is 35.0 Å². The predicted molar refractivity (Wildman–Crippen MR) is 104 cm³/mol. The minimum Gasteiger partial charge on any atom is -0.496 e. The molecular weight excluding hydrogens is 360 g/mol. The summed E-state index contributed by atoms with van der Waals surface area (Å²) in [6.45, 7) is 1.05. The largest absolute Gasteiger partial charge is 0.496 e. The first kappa shape index (κ1) is 19.6. The van der Waals surface area contributed by atoms with Gasteiger partial charge in [-0.3, -0.25) is 9.78 Å². The van der Waals surface area contributed by atoms with Gasteiger partial charge < -0.3 is 25.8 Å². The average molecular weight is 384 g/mol. The zero-order valence-electron chi connectivity index (χ0n) is 15.7. The van der Waals surface area contributed by atoms with Crippen molar-refractivity contribution >= 4 is 17.6 Å². The number of methoxy groups -OCH3 is 1. The summed E-state index contributed by atoms with van der Waals surface area (Å²) in [5.74, 6) is -0.214. The molecule has 2 heterocycles. The summed E-state index contributed by atoms with van der Waals surface area (Å²) in [4.78, 5) is 30.0. The number of aliphatic hydroxyl groups excluding tert-OH is 1. The van der Waals surface area contributed by atoms with Crippen LogP contribution in [-0.4, -0.2) is 47.1 Å². The van der Waals surface area contributed by atoms with Gasteiger partial charge in [0.15, 0.2) is 0 Å². The number of urea groups is 1. The van der Waals surface area contributed by atoms with Crippen LogP contribution in [0.3, 0.4) is 0 Å². The molecule has 1 aromatic carbocycles. The molecule has 1 aliphatic heterocycles. The highest BCUT2D eigenvalue weighted by atomic mass is 16.5. The number of rotatable bonds is 5. The molecule has 148 valence electrons. The van der Waals surface area contributed by atoms with Gasteiger partial charge in [-0.2, -0.15) is 0 Å². The maximum Gasteiger partial charge on any atom is 0.321 e. The zero-order chi connectivity index (χ0) is 20.1. The number of nitrogens with two attached hydrogens (primary N) is 1. The summed E-state index contributed by atoms with van der Waals surface area (Å²) in [6.07, 6.45) is 2.39. The molecule has 8 nitrogen and oxygen atoms in total. The quantitative estimate of drug-likeness (QED) is 0.730.